The molecule has 0 aliphatic heterocycles. The number of fused-ring (bicyclic) bond motifs is 3. The van der Waals surface area contributed by atoms with E-state index in [-0.39, 0.29) is 5.41 Å². The largest absolute Gasteiger partial charge is 0.299 e. The standard InChI is InChI=1S/C15H24O/c1-13(2)7-10-8-14(3)6-5-12(16)15(14,4)11(10)9-13/h10-11H,5-9H2,1-4H3/t10-,11-,14-,15-/m0/s1. The monoisotopic (exact) mass is 220 g/mol. The van der Waals surface area contributed by atoms with Crippen molar-refractivity contribution in [2.24, 2.45) is 28.1 Å². The first-order valence-corrected chi connectivity index (χ1v) is 6.82. The molecular weight excluding hydrogens is 196 g/mol. The average molecular weight is 220 g/mol. The molecule has 3 saturated carbocycles. The van der Waals surface area contributed by atoms with Crippen LogP contribution in [0, 0.1) is 28.1 Å². The van der Waals surface area contributed by atoms with Crippen LogP contribution in [0.15, 0.2) is 0 Å². The molecule has 4 atom stereocenters. The summed E-state index contributed by atoms with van der Waals surface area (Å²) in [4.78, 5) is 12.3. The summed E-state index contributed by atoms with van der Waals surface area (Å²) in [6.45, 7) is 9.43. The third kappa shape index (κ3) is 1.05. The lowest BCUT2D eigenvalue weighted by molar-refractivity contribution is -0.130. The van der Waals surface area contributed by atoms with Crippen molar-refractivity contribution >= 4 is 5.78 Å². The molecule has 0 spiro atoms. The number of Topliss-reactive ketones (excluding diaryl/α,β-unsaturated/α-hetero) is 1. The zero-order valence-electron chi connectivity index (χ0n) is 11.1. The summed E-state index contributed by atoms with van der Waals surface area (Å²) in [5, 5.41) is 0. The lowest BCUT2D eigenvalue weighted by Gasteiger charge is -2.38. The van der Waals surface area contributed by atoms with E-state index in [1.54, 1.807) is 0 Å². The molecule has 3 fully saturated rings. The summed E-state index contributed by atoms with van der Waals surface area (Å²) in [5.74, 6) is 2.08. The third-order valence-corrected chi connectivity index (χ3v) is 6.35. The predicted molar refractivity (Wildman–Crippen MR) is 65.1 cm³/mol. The minimum absolute atomic E-state index is 0.0193. The molecule has 0 aromatic carbocycles. The van der Waals surface area contributed by atoms with Crippen molar-refractivity contribution in [3.05, 3.63) is 0 Å². The van der Waals surface area contributed by atoms with Crippen LogP contribution < -0.4 is 0 Å². The number of carbonyl (C=O) groups excluding carboxylic acids is 1. The molecule has 3 aliphatic carbocycles. The van der Waals surface area contributed by atoms with Crippen molar-refractivity contribution in [2.75, 3.05) is 0 Å². The van der Waals surface area contributed by atoms with Gasteiger partial charge in [0.25, 0.3) is 0 Å². The molecule has 0 radical (unpaired) electrons. The highest BCUT2D eigenvalue weighted by atomic mass is 16.1. The van der Waals surface area contributed by atoms with Gasteiger partial charge in [0.05, 0.1) is 0 Å². The molecular formula is C15H24O. The Labute approximate surface area is 99.0 Å². The molecule has 0 unspecified atom stereocenters. The minimum Gasteiger partial charge on any atom is -0.299 e. The summed E-state index contributed by atoms with van der Waals surface area (Å²) < 4.78 is 0. The summed E-state index contributed by atoms with van der Waals surface area (Å²) in [6.07, 6.45) is 5.92. The van der Waals surface area contributed by atoms with Crippen LogP contribution >= 0.6 is 0 Å². The van der Waals surface area contributed by atoms with E-state index < -0.39 is 0 Å². The van der Waals surface area contributed by atoms with E-state index in [0.29, 0.717) is 22.5 Å². The van der Waals surface area contributed by atoms with Gasteiger partial charge in [-0.1, -0.05) is 27.7 Å². The van der Waals surface area contributed by atoms with Crippen LogP contribution in [0.3, 0.4) is 0 Å². The molecule has 1 heteroatoms. The Morgan fingerprint density at radius 3 is 2.44 bits per heavy atom. The van der Waals surface area contributed by atoms with Crippen LogP contribution in [-0.2, 0) is 4.79 Å². The molecule has 0 saturated heterocycles. The molecule has 1 nitrogen and oxygen atoms in total. The topological polar surface area (TPSA) is 17.1 Å². The molecule has 3 aliphatic rings. The molecule has 0 amide bonds. The van der Waals surface area contributed by atoms with Crippen LogP contribution in [0.25, 0.3) is 0 Å². The number of hydrogen-bond acceptors (Lipinski definition) is 1. The van der Waals surface area contributed by atoms with Gasteiger partial charge < -0.3 is 0 Å². The molecule has 0 bridgehead atoms. The van der Waals surface area contributed by atoms with Crippen LogP contribution in [0.1, 0.15) is 59.8 Å². The summed E-state index contributed by atoms with van der Waals surface area (Å²) in [5.41, 5.74) is 0.823. The molecule has 0 aromatic rings. The fraction of sp³-hybridized carbons (Fsp3) is 0.933. The average Bonchev–Trinajstić information content (AvgIpc) is 2.63. The van der Waals surface area contributed by atoms with Gasteiger partial charge in [0.15, 0.2) is 0 Å². The number of hydrogen-bond donors (Lipinski definition) is 0. The van der Waals surface area contributed by atoms with Crippen molar-refractivity contribution in [1.82, 2.24) is 0 Å². The zero-order chi connectivity index (χ0) is 11.8. The maximum Gasteiger partial charge on any atom is 0.139 e. The second-order valence-electron chi connectivity index (χ2n) is 7.83. The summed E-state index contributed by atoms with van der Waals surface area (Å²) in [7, 11) is 0. The Morgan fingerprint density at radius 2 is 1.75 bits per heavy atom. The summed E-state index contributed by atoms with van der Waals surface area (Å²) >= 11 is 0. The Kier molecular flexibility index (Phi) is 1.85. The molecule has 0 aromatic heterocycles. The molecule has 3 rings (SSSR count). The van der Waals surface area contributed by atoms with E-state index in [2.05, 4.69) is 27.7 Å². The lowest BCUT2D eigenvalue weighted by Crippen LogP contribution is -2.38. The highest BCUT2D eigenvalue weighted by Gasteiger charge is 2.67. The van der Waals surface area contributed by atoms with Crippen molar-refractivity contribution in [3.8, 4) is 0 Å². The number of rotatable bonds is 0. The highest BCUT2D eigenvalue weighted by Crippen LogP contribution is 2.71. The van der Waals surface area contributed by atoms with Crippen LogP contribution in [0.5, 0.6) is 0 Å². The van der Waals surface area contributed by atoms with Gasteiger partial charge in [-0.3, -0.25) is 4.79 Å². The van der Waals surface area contributed by atoms with Gasteiger partial charge in [0.2, 0.25) is 0 Å². The molecule has 0 N–H and O–H groups in total. The maximum absolute atomic E-state index is 12.3. The van der Waals surface area contributed by atoms with Crippen molar-refractivity contribution < 1.29 is 4.79 Å². The molecule has 0 heterocycles. The van der Waals surface area contributed by atoms with Crippen molar-refractivity contribution in [1.29, 1.82) is 0 Å². The predicted octanol–water partition coefficient (Wildman–Crippen LogP) is 3.82. The summed E-state index contributed by atoms with van der Waals surface area (Å²) in [6, 6.07) is 0. The quantitative estimate of drug-likeness (QED) is 0.606. The first kappa shape index (κ1) is 10.8. The number of carbonyl (C=O) groups is 1. The first-order chi connectivity index (χ1) is 7.29. The fourth-order valence-electron chi connectivity index (χ4n) is 5.38. The first-order valence-electron chi connectivity index (χ1n) is 6.82. The Balaban J connectivity index is 2.02. The third-order valence-electron chi connectivity index (χ3n) is 6.35. The molecule has 90 valence electrons. The van der Waals surface area contributed by atoms with Gasteiger partial charge in [0, 0.05) is 11.8 Å². The van der Waals surface area contributed by atoms with Gasteiger partial charge in [0.1, 0.15) is 5.78 Å². The second kappa shape index (κ2) is 2.73. The lowest BCUT2D eigenvalue weighted by atomic mass is 9.64. The van der Waals surface area contributed by atoms with Gasteiger partial charge >= 0.3 is 0 Å². The minimum atomic E-state index is 0.0193. The Bertz CT molecular complexity index is 356. The normalized spacial score (nSPS) is 54.1. The van der Waals surface area contributed by atoms with Crippen molar-refractivity contribution in [2.45, 2.75) is 59.8 Å². The van der Waals surface area contributed by atoms with E-state index >= 15 is 0 Å². The van der Waals surface area contributed by atoms with E-state index in [4.69, 9.17) is 0 Å². The SMILES string of the molecule is CC1(C)C[C@H]2C[C@]3(C)CCC(=O)[C@]3(C)[C@H]2C1. The van der Waals surface area contributed by atoms with E-state index in [0.717, 1.165) is 18.8 Å². The van der Waals surface area contributed by atoms with E-state index in [1.807, 2.05) is 0 Å². The van der Waals surface area contributed by atoms with Gasteiger partial charge in [-0.2, -0.15) is 0 Å². The van der Waals surface area contributed by atoms with Gasteiger partial charge in [-0.15, -0.1) is 0 Å². The maximum atomic E-state index is 12.3. The highest BCUT2D eigenvalue weighted by molar-refractivity contribution is 5.88. The smallest absolute Gasteiger partial charge is 0.139 e. The second-order valence-corrected chi connectivity index (χ2v) is 7.83. The number of ketones is 1. The van der Waals surface area contributed by atoms with E-state index in [1.165, 1.54) is 19.3 Å². The van der Waals surface area contributed by atoms with E-state index in [9.17, 15) is 4.79 Å². The van der Waals surface area contributed by atoms with Crippen molar-refractivity contribution in [3.63, 3.8) is 0 Å². The van der Waals surface area contributed by atoms with Gasteiger partial charge in [-0.05, 0) is 48.3 Å². The van der Waals surface area contributed by atoms with Gasteiger partial charge in [-0.25, -0.2) is 0 Å². The Morgan fingerprint density at radius 1 is 1.06 bits per heavy atom. The molecule has 16 heavy (non-hydrogen) atoms. The Hall–Kier alpha value is -0.330. The van der Waals surface area contributed by atoms with Crippen LogP contribution in [-0.4, -0.2) is 5.78 Å². The fourth-order valence-corrected chi connectivity index (χ4v) is 5.38. The zero-order valence-corrected chi connectivity index (χ0v) is 11.1. The van der Waals surface area contributed by atoms with Crippen LogP contribution in [0.4, 0.5) is 0 Å². The van der Waals surface area contributed by atoms with Crippen LogP contribution in [0.2, 0.25) is 0 Å².